The van der Waals surface area contributed by atoms with Crippen LogP contribution in [0.25, 0.3) is 10.9 Å². The molecular weight excluding hydrogens is 371 g/mol. The van der Waals surface area contributed by atoms with Gasteiger partial charge < -0.3 is 20.1 Å². The number of fused-ring (bicyclic) bond motifs is 1. The smallest absolute Gasteiger partial charge is 0.271 e. The average molecular weight is 396 g/mol. The zero-order valence-electron chi connectivity index (χ0n) is 16.5. The monoisotopic (exact) mass is 396 g/mol. The second kappa shape index (κ2) is 8.57. The standard InChI is InChI=1S/C21H25FN6O/c1-27-14-15(17-4-3-16(22)11-19(17)27)5-7-24-21(29)18-12-26-20(13-25-18)28-9-2-6-23-8-10-28/h3-4,11-14,23H,2,5-10H2,1H3,(H,24,29). The summed E-state index contributed by atoms with van der Waals surface area (Å²) < 4.78 is 15.4. The molecular formula is C21H25FN6O. The Labute approximate surface area is 168 Å². The van der Waals surface area contributed by atoms with Crippen molar-refractivity contribution in [1.82, 2.24) is 25.2 Å². The molecule has 1 aliphatic rings. The van der Waals surface area contributed by atoms with Crippen LogP contribution in [-0.4, -0.2) is 53.2 Å². The van der Waals surface area contributed by atoms with Crippen molar-refractivity contribution in [1.29, 1.82) is 0 Å². The number of amides is 1. The van der Waals surface area contributed by atoms with Gasteiger partial charge in [-0.05, 0) is 43.1 Å². The van der Waals surface area contributed by atoms with Crippen LogP contribution in [0.2, 0.25) is 0 Å². The SMILES string of the molecule is Cn1cc(CCNC(=O)c2cnc(N3CCCNCC3)cn2)c2ccc(F)cc21. The molecule has 0 atom stereocenters. The molecule has 0 aliphatic carbocycles. The summed E-state index contributed by atoms with van der Waals surface area (Å²) in [5, 5.41) is 7.25. The second-order valence-electron chi connectivity index (χ2n) is 7.28. The fourth-order valence-corrected chi connectivity index (χ4v) is 3.72. The highest BCUT2D eigenvalue weighted by Crippen LogP contribution is 2.21. The van der Waals surface area contributed by atoms with E-state index in [2.05, 4.69) is 25.5 Å². The third-order valence-electron chi connectivity index (χ3n) is 5.25. The summed E-state index contributed by atoms with van der Waals surface area (Å²) >= 11 is 0. The lowest BCUT2D eigenvalue weighted by Crippen LogP contribution is -2.30. The summed E-state index contributed by atoms with van der Waals surface area (Å²) in [5.74, 6) is 0.304. The fraction of sp³-hybridized carbons (Fsp3) is 0.381. The summed E-state index contributed by atoms with van der Waals surface area (Å²) in [6, 6.07) is 4.77. The first-order valence-corrected chi connectivity index (χ1v) is 9.91. The maximum atomic E-state index is 13.4. The molecule has 0 radical (unpaired) electrons. The molecule has 152 valence electrons. The minimum Gasteiger partial charge on any atom is -0.354 e. The molecule has 0 bridgehead atoms. The van der Waals surface area contributed by atoms with Crippen molar-refractivity contribution in [2.45, 2.75) is 12.8 Å². The first-order valence-electron chi connectivity index (χ1n) is 9.91. The van der Waals surface area contributed by atoms with Gasteiger partial charge in [0.05, 0.1) is 17.9 Å². The third-order valence-corrected chi connectivity index (χ3v) is 5.25. The number of hydrogen-bond acceptors (Lipinski definition) is 5. The Morgan fingerprint density at radius 2 is 2.14 bits per heavy atom. The number of nitrogens with zero attached hydrogens (tertiary/aromatic N) is 4. The first-order chi connectivity index (χ1) is 14.1. The molecule has 0 saturated carbocycles. The number of carbonyl (C=O) groups is 1. The summed E-state index contributed by atoms with van der Waals surface area (Å²) in [6.45, 7) is 4.22. The Balaban J connectivity index is 1.35. The Hall–Kier alpha value is -3.00. The van der Waals surface area contributed by atoms with Crippen LogP contribution in [0.1, 0.15) is 22.5 Å². The Bertz CT molecular complexity index is 992. The molecule has 0 spiro atoms. The highest BCUT2D eigenvalue weighted by molar-refractivity contribution is 5.92. The highest BCUT2D eigenvalue weighted by Gasteiger charge is 2.14. The molecule has 1 aromatic carbocycles. The van der Waals surface area contributed by atoms with E-state index < -0.39 is 0 Å². The Morgan fingerprint density at radius 3 is 2.97 bits per heavy atom. The topological polar surface area (TPSA) is 75.1 Å². The van der Waals surface area contributed by atoms with Crippen LogP contribution in [0.3, 0.4) is 0 Å². The van der Waals surface area contributed by atoms with Crippen LogP contribution in [0.4, 0.5) is 10.2 Å². The van der Waals surface area contributed by atoms with Gasteiger partial charge >= 0.3 is 0 Å². The third kappa shape index (κ3) is 4.37. The van der Waals surface area contributed by atoms with E-state index in [1.165, 1.54) is 18.3 Å². The number of benzene rings is 1. The second-order valence-corrected chi connectivity index (χ2v) is 7.28. The van der Waals surface area contributed by atoms with Gasteiger partial charge in [-0.1, -0.05) is 0 Å². The average Bonchev–Trinajstić information content (AvgIpc) is 2.91. The van der Waals surface area contributed by atoms with Crippen molar-refractivity contribution in [3.8, 4) is 0 Å². The molecule has 4 rings (SSSR count). The summed E-state index contributed by atoms with van der Waals surface area (Å²) in [6.07, 6.45) is 6.88. The van der Waals surface area contributed by atoms with E-state index in [0.29, 0.717) is 18.7 Å². The number of halogens is 1. The van der Waals surface area contributed by atoms with Gasteiger partial charge in [-0.25, -0.2) is 14.4 Å². The van der Waals surface area contributed by atoms with Gasteiger partial charge in [0.25, 0.3) is 5.91 Å². The van der Waals surface area contributed by atoms with Gasteiger partial charge in [-0.15, -0.1) is 0 Å². The van der Waals surface area contributed by atoms with Crippen LogP contribution >= 0.6 is 0 Å². The molecule has 2 aromatic heterocycles. The van der Waals surface area contributed by atoms with Gasteiger partial charge in [-0.2, -0.15) is 0 Å². The minimum absolute atomic E-state index is 0.243. The predicted molar refractivity (Wildman–Crippen MR) is 111 cm³/mol. The van der Waals surface area contributed by atoms with Crippen LogP contribution in [0, 0.1) is 5.82 Å². The van der Waals surface area contributed by atoms with E-state index in [4.69, 9.17) is 0 Å². The summed E-state index contributed by atoms with van der Waals surface area (Å²) in [7, 11) is 1.89. The van der Waals surface area contributed by atoms with Crippen LogP contribution < -0.4 is 15.5 Å². The van der Waals surface area contributed by atoms with E-state index in [1.54, 1.807) is 12.3 Å². The molecule has 1 saturated heterocycles. The number of rotatable bonds is 5. The zero-order valence-corrected chi connectivity index (χ0v) is 16.5. The van der Waals surface area contributed by atoms with Gasteiger partial charge in [-0.3, -0.25) is 4.79 Å². The largest absolute Gasteiger partial charge is 0.354 e. The normalized spacial score (nSPS) is 14.8. The lowest BCUT2D eigenvalue weighted by atomic mass is 10.1. The van der Waals surface area contributed by atoms with E-state index in [-0.39, 0.29) is 11.7 Å². The number of aryl methyl sites for hydroxylation is 1. The van der Waals surface area contributed by atoms with Gasteiger partial charge in [0, 0.05) is 44.8 Å². The highest BCUT2D eigenvalue weighted by atomic mass is 19.1. The van der Waals surface area contributed by atoms with Crippen molar-refractivity contribution in [2.24, 2.45) is 7.05 Å². The maximum Gasteiger partial charge on any atom is 0.271 e. The van der Waals surface area contributed by atoms with Gasteiger partial charge in [0.15, 0.2) is 0 Å². The number of nitrogens with one attached hydrogen (secondary N) is 2. The van der Waals surface area contributed by atoms with E-state index >= 15 is 0 Å². The van der Waals surface area contributed by atoms with Crippen molar-refractivity contribution in [2.75, 3.05) is 37.6 Å². The predicted octanol–water partition coefficient (Wildman–Crippen LogP) is 1.88. The van der Waals surface area contributed by atoms with E-state index in [0.717, 1.165) is 54.9 Å². The van der Waals surface area contributed by atoms with Crippen molar-refractivity contribution < 1.29 is 9.18 Å². The van der Waals surface area contributed by atoms with Gasteiger partial charge in [0.2, 0.25) is 0 Å². The molecule has 3 heterocycles. The molecule has 2 N–H and O–H groups in total. The maximum absolute atomic E-state index is 13.4. The summed E-state index contributed by atoms with van der Waals surface area (Å²) in [5.41, 5.74) is 2.22. The number of hydrogen-bond donors (Lipinski definition) is 2. The minimum atomic E-state index is -0.253. The summed E-state index contributed by atoms with van der Waals surface area (Å²) in [4.78, 5) is 23.3. The number of anilines is 1. The Kier molecular flexibility index (Phi) is 5.71. The molecule has 29 heavy (non-hydrogen) atoms. The molecule has 1 aliphatic heterocycles. The zero-order chi connectivity index (χ0) is 20.2. The van der Waals surface area contributed by atoms with Gasteiger partial charge in [0.1, 0.15) is 17.3 Å². The van der Waals surface area contributed by atoms with E-state index in [1.807, 2.05) is 17.8 Å². The quantitative estimate of drug-likeness (QED) is 0.689. The molecule has 8 heteroatoms. The molecule has 1 fully saturated rings. The molecule has 3 aromatic rings. The van der Waals surface area contributed by atoms with Crippen LogP contribution in [0.15, 0.2) is 36.8 Å². The van der Waals surface area contributed by atoms with Crippen LogP contribution in [0.5, 0.6) is 0 Å². The number of carbonyl (C=O) groups excluding carboxylic acids is 1. The van der Waals surface area contributed by atoms with Crippen molar-refractivity contribution in [3.05, 3.63) is 53.9 Å². The molecule has 1 amide bonds. The van der Waals surface area contributed by atoms with E-state index in [9.17, 15) is 9.18 Å². The molecule has 7 nitrogen and oxygen atoms in total. The molecule has 0 unspecified atom stereocenters. The lowest BCUT2D eigenvalue weighted by molar-refractivity contribution is 0.0949. The first kappa shape index (κ1) is 19.3. The Morgan fingerprint density at radius 1 is 1.24 bits per heavy atom. The van der Waals surface area contributed by atoms with Crippen LogP contribution in [-0.2, 0) is 13.5 Å². The van der Waals surface area contributed by atoms with Crippen molar-refractivity contribution in [3.63, 3.8) is 0 Å². The number of aromatic nitrogens is 3. The fourth-order valence-electron chi connectivity index (χ4n) is 3.72. The van der Waals surface area contributed by atoms with Crippen molar-refractivity contribution >= 4 is 22.6 Å². The lowest BCUT2D eigenvalue weighted by Gasteiger charge is -2.20.